The highest BCUT2D eigenvalue weighted by Crippen LogP contribution is 2.73. The predicted molar refractivity (Wildman–Crippen MR) is 295 cm³/mol. The second-order valence-corrected chi connectivity index (χ2v) is 21.2. The Bertz CT molecular complexity index is 4320. The molecule has 10 aromatic carbocycles. The quantitative estimate of drug-likeness (QED) is 0.152. The lowest BCUT2D eigenvalue weighted by atomic mass is 10.1. The number of nitriles is 1. The molecule has 0 amide bonds. The van der Waals surface area contributed by atoms with Crippen LogP contribution in [0.25, 0.3) is 94.1 Å². The van der Waals surface area contributed by atoms with Gasteiger partial charge in [0, 0.05) is 69.2 Å². The fraction of sp³-hybridized carbons (Fsp3) is 0. The lowest BCUT2D eigenvalue weighted by molar-refractivity contribution is 0.951. The second kappa shape index (κ2) is 16.6. The molecule has 72 heavy (non-hydrogen) atoms. The van der Waals surface area contributed by atoms with E-state index in [1.54, 1.807) is 0 Å². The van der Waals surface area contributed by atoms with Gasteiger partial charge in [0.05, 0.1) is 50.4 Å². The lowest BCUT2D eigenvalue weighted by Crippen LogP contribution is -2.08. The summed E-state index contributed by atoms with van der Waals surface area (Å²) < 4.78 is 6.80. The average Bonchev–Trinajstić information content (AvgIpc) is 4.09. The van der Waals surface area contributed by atoms with E-state index < -0.39 is 10.0 Å². The molecule has 0 aliphatic rings. The van der Waals surface area contributed by atoms with Gasteiger partial charge in [-0.15, -0.1) is 10.0 Å². The van der Waals surface area contributed by atoms with Gasteiger partial charge in [-0.3, -0.25) is 9.13 Å². The van der Waals surface area contributed by atoms with Gasteiger partial charge in [0.15, 0.2) is 0 Å². The number of rotatable bonds is 8. The van der Waals surface area contributed by atoms with Crippen LogP contribution in [-0.4, -0.2) is 23.7 Å². The summed E-state index contributed by atoms with van der Waals surface area (Å²) in [5, 5.41) is 17.0. The van der Waals surface area contributed by atoms with Crippen molar-refractivity contribution in [2.45, 2.75) is 19.6 Å². The summed E-state index contributed by atoms with van der Waals surface area (Å²) in [4.78, 5) is 16.1. The Labute approximate surface area is 416 Å². The van der Waals surface area contributed by atoms with Crippen molar-refractivity contribution in [2.24, 2.45) is 0 Å². The molecule has 0 unspecified atom stereocenters. The van der Waals surface area contributed by atoms with Crippen LogP contribution in [0.15, 0.2) is 274 Å². The van der Waals surface area contributed by atoms with Gasteiger partial charge in [0.25, 0.3) is 0 Å². The van der Waals surface area contributed by atoms with Gasteiger partial charge in [0.2, 0.25) is 5.95 Å². The van der Waals surface area contributed by atoms with Gasteiger partial charge in [-0.2, -0.15) is 10.2 Å². The van der Waals surface area contributed by atoms with Crippen molar-refractivity contribution in [3.8, 4) is 34.8 Å². The largest absolute Gasteiger partial charge is 0.309 e. The molecular formula is C65H42N6S. The smallest absolute Gasteiger partial charge is 0.237 e. The first-order chi connectivity index (χ1) is 35.7. The average molecular weight is 939 g/mol. The Kier molecular flexibility index (Phi) is 9.56. The molecule has 14 aromatic rings. The first kappa shape index (κ1) is 41.5. The van der Waals surface area contributed by atoms with Gasteiger partial charge in [-0.05, 0) is 103 Å². The van der Waals surface area contributed by atoms with E-state index in [4.69, 9.17) is 9.97 Å². The monoisotopic (exact) mass is 938 g/mol. The van der Waals surface area contributed by atoms with E-state index in [2.05, 4.69) is 256 Å². The van der Waals surface area contributed by atoms with E-state index >= 15 is 0 Å². The highest BCUT2D eigenvalue weighted by Gasteiger charge is 2.33. The van der Waals surface area contributed by atoms with Gasteiger partial charge in [-0.25, -0.2) is 4.98 Å². The van der Waals surface area contributed by atoms with E-state index in [0.717, 1.165) is 77.4 Å². The minimum atomic E-state index is -2.01. The van der Waals surface area contributed by atoms with E-state index in [9.17, 15) is 5.26 Å². The zero-order chi connectivity index (χ0) is 47.8. The van der Waals surface area contributed by atoms with Crippen molar-refractivity contribution in [3.63, 3.8) is 0 Å². The van der Waals surface area contributed by atoms with Crippen LogP contribution in [0, 0.1) is 11.3 Å². The second-order valence-electron chi connectivity index (χ2n) is 18.1. The molecule has 0 saturated heterocycles. The van der Waals surface area contributed by atoms with Crippen LogP contribution in [0.2, 0.25) is 0 Å². The Morgan fingerprint density at radius 1 is 0.333 bits per heavy atom. The van der Waals surface area contributed by atoms with Crippen molar-refractivity contribution in [1.29, 1.82) is 5.26 Å². The molecule has 0 N–H and O–H groups in total. The maximum atomic E-state index is 10.2. The van der Waals surface area contributed by atoms with Crippen molar-refractivity contribution in [1.82, 2.24) is 23.7 Å². The third-order valence-corrected chi connectivity index (χ3v) is 18.1. The van der Waals surface area contributed by atoms with Crippen LogP contribution in [0.1, 0.15) is 5.56 Å². The minimum Gasteiger partial charge on any atom is -0.309 e. The fourth-order valence-electron chi connectivity index (χ4n) is 11.1. The molecule has 7 heteroatoms. The van der Waals surface area contributed by atoms with Crippen molar-refractivity contribution < 1.29 is 0 Å². The highest BCUT2D eigenvalue weighted by molar-refractivity contribution is 8.34. The SMILES string of the molecule is N#Cc1ccc2c3ccccc3n(-c3nc(-c4cccc(S(c5ccccc5)(c5ccccc5)c5ccccc5)c4)cc(-n4c5ccccc5c5cc(-n6c7ccccc7c7ccccc76)ccc54)n3)c2c1. The van der Waals surface area contributed by atoms with E-state index in [0.29, 0.717) is 11.5 Å². The molecule has 0 bridgehead atoms. The van der Waals surface area contributed by atoms with Crippen LogP contribution in [0.5, 0.6) is 0 Å². The molecule has 0 atom stereocenters. The molecule has 0 aliphatic heterocycles. The maximum absolute atomic E-state index is 10.2. The van der Waals surface area contributed by atoms with Crippen molar-refractivity contribution in [3.05, 3.63) is 260 Å². The molecule has 0 fully saturated rings. The van der Waals surface area contributed by atoms with Crippen LogP contribution < -0.4 is 0 Å². The Balaban J connectivity index is 1.05. The number of aromatic nitrogens is 5. The number of hydrogen-bond acceptors (Lipinski definition) is 3. The topological polar surface area (TPSA) is 64.4 Å². The standard InChI is InChI=1S/C65H42N6S/c66-43-44-35-37-55-53-29-12-17-34-61(53)71(63(55)39-44)65-67-57(45-19-18-26-50(40-45)72(47-20-4-1-5-21-47,48-22-6-2-7-23-48)49-24-8-3-9-25-49)42-64(68-65)70-60-33-16-13-30-54(60)56-41-46(36-38-62(56)70)69-58-31-14-10-27-51(58)52-28-11-15-32-59(52)69/h1-42H. The molecule has 4 aromatic heterocycles. The van der Waals surface area contributed by atoms with E-state index in [1.165, 1.54) is 30.4 Å². The number of fused-ring (bicyclic) bond motifs is 9. The third-order valence-electron chi connectivity index (χ3n) is 14.2. The molecule has 0 aliphatic carbocycles. The molecule has 0 spiro atoms. The number of benzene rings is 10. The maximum Gasteiger partial charge on any atom is 0.237 e. The molecule has 0 radical (unpaired) electrons. The van der Waals surface area contributed by atoms with Crippen LogP contribution in [-0.2, 0) is 0 Å². The summed E-state index contributed by atoms with van der Waals surface area (Å²) in [6.07, 6.45) is 0. The van der Waals surface area contributed by atoms with E-state index in [-0.39, 0.29) is 0 Å². The lowest BCUT2D eigenvalue weighted by Gasteiger charge is -2.42. The molecule has 6 nitrogen and oxygen atoms in total. The van der Waals surface area contributed by atoms with Crippen molar-refractivity contribution >= 4 is 75.4 Å². The van der Waals surface area contributed by atoms with Crippen LogP contribution >= 0.6 is 10.0 Å². The summed E-state index contributed by atoms with van der Waals surface area (Å²) in [6, 6.07) is 93.3. The minimum absolute atomic E-state index is 0.509. The van der Waals surface area contributed by atoms with Gasteiger partial charge in [0.1, 0.15) is 5.82 Å². The number of para-hydroxylation sites is 4. The summed E-state index contributed by atoms with van der Waals surface area (Å²) in [6.45, 7) is 0. The van der Waals surface area contributed by atoms with Crippen molar-refractivity contribution in [2.75, 3.05) is 0 Å². The zero-order valence-electron chi connectivity index (χ0n) is 38.8. The first-order valence-corrected chi connectivity index (χ1v) is 25.7. The first-order valence-electron chi connectivity index (χ1n) is 24.1. The summed E-state index contributed by atoms with van der Waals surface area (Å²) in [7, 11) is -2.01. The molecular weight excluding hydrogens is 897 g/mol. The normalized spacial score (nSPS) is 12.1. The predicted octanol–water partition coefficient (Wildman–Crippen LogP) is 16.6. The molecule has 338 valence electrons. The van der Waals surface area contributed by atoms with Gasteiger partial charge >= 0.3 is 0 Å². The zero-order valence-corrected chi connectivity index (χ0v) is 39.7. The van der Waals surface area contributed by atoms with Crippen LogP contribution in [0.3, 0.4) is 0 Å². The third kappa shape index (κ3) is 6.30. The van der Waals surface area contributed by atoms with Crippen LogP contribution in [0.4, 0.5) is 0 Å². The molecule has 4 heterocycles. The summed E-state index contributed by atoms with van der Waals surface area (Å²) >= 11 is 0. The number of hydrogen-bond donors (Lipinski definition) is 0. The van der Waals surface area contributed by atoms with Gasteiger partial charge < -0.3 is 4.57 Å². The highest BCUT2D eigenvalue weighted by atomic mass is 32.3. The molecule has 0 saturated carbocycles. The summed E-state index contributed by atoms with van der Waals surface area (Å²) in [5.41, 5.74) is 9.60. The van der Waals surface area contributed by atoms with E-state index in [1.807, 2.05) is 18.2 Å². The molecule has 14 rings (SSSR count). The summed E-state index contributed by atoms with van der Waals surface area (Å²) in [5.74, 6) is 1.24. The Morgan fingerprint density at radius 3 is 1.38 bits per heavy atom. The Hall–Kier alpha value is -9.48. The Morgan fingerprint density at radius 2 is 0.806 bits per heavy atom. The van der Waals surface area contributed by atoms with Gasteiger partial charge in [-0.1, -0.05) is 146 Å². The fourth-order valence-corrected chi connectivity index (χ4v) is 15.0. The number of nitrogens with zero attached hydrogens (tertiary/aromatic N) is 6.